The molecule has 0 aromatic heterocycles. The Labute approximate surface area is 114 Å². The summed E-state index contributed by atoms with van der Waals surface area (Å²) in [6.45, 7) is -0.153. The van der Waals surface area contributed by atoms with E-state index < -0.39 is 53.8 Å². The third-order valence-electron chi connectivity index (χ3n) is 1.84. The van der Waals surface area contributed by atoms with Gasteiger partial charge >= 0.3 is 6.09 Å². The molecular weight excluding hydrogens is 258 g/mol. The summed E-state index contributed by atoms with van der Waals surface area (Å²) in [6, 6.07) is 0. The zero-order valence-electron chi connectivity index (χ0n) is 14.9. The highest BCUT2D eigenvalue weighted by molar-refractivity contribution is 7.86. The summed E-state index contributed by atoms with van der Waals surface area (Å²) in [6.07, 6.45) is -2.48. The van der Waals surface area contributed by atoms with Gasteiger partial charge in [0.05, 0.1) is 12.4 Å². The summed E-state index contributed by atoms with van der Waals surface area (Å²) in [7, 11) is -3.86. The molecule has 0 aromatic carbocycles. The van der Waals surface area contributed by atoms with E-state index in [4.69, 9.17) is 14.4 Å². The molecule has 0 aromatic rings. The van der Waals surface area contributed by atoms with E-state index in [-0.39, 0.29) is 0 Å². The fourth-order valence-corrected chi connectivity index (χ4v) is 1.90. The summed E-state index contributed by atoms with van der Waals surface area (Å²) in [5.41, 5.74) is -0.913. The van der Waals surface area contributed by atoms with Crippen molar-refractivity contribution in [3.8, 4) is 0 Å². The van der Waals surface area contributed by atoms with Gasteiger partial charge in [0.25, 0.3) is 10.1 Å². The van der Waals surface area contributed by atoms with Gasteiger partial charge in [-0.3, -0.25) is 4.18 Å². The number of rotatable bonds is 2. The normalized spacial score (nSPS) is 27.7. The zero-order valence-corrected chi connectivity index (χ0v) is 11.7. The van der Waals surface area contributed by atoms with Gasteiger partial charge in [-0.2, -0.15) is 8.42 Å². The summed E-state index contributed by atoms with van der Waals surface area (Å²) in [4.78, 5) is 12.5. The predicted octanol–water partition coefficient (Wildman–Crippen LogP) is 1.36. The van der Waals surface area contributed by atoms with Gasteiger partial charge in [-0.15, -0.1) is 0 Å². The van der Waals surface area contributed by atoms with E-state index in [9.17, 15) is 13.2 Å². The average molecular weight is 283 g/mol. The van der Waals surface area contributed by atoms with Crippen molar-refractivity contribution in [3.05, 3.63) is 0 Å². The highest BCUT2D eigenvalue weighted by Crippen LogP contribution is 2.18. The third-order valence-corrected chi connectivity index (χ3v) is 2.46. The van der Waals surface area contributed by atoms with Crippen LogP contribution in [0.3, 0.4) is 0 Å². The largest absolute Gasteiger partial charge is 0.444 e. The Morgan fingerprint density at radius 2 is 1.83 bits per heavy atom. The van der Waals surface area contributed by atoms with Crippen LogP contribution >= 0.6 is 0 Å². The van der Waals surface area contributed by atoms with Crippen molar-refractivity contribution in [2.45, 2.75) is 45.3 Å². The SMILES string of the molecule is [2H]C1([2H])CC(OS(C)(=O)=O)CC([2H])([2H])N1C(=O)OC(C)(C)C. The van der Waals surface area contributed by atoms with Crippen molar-refractivity contribution in [3.63, 3.8) is 0 Å². The van der Waals surface area contributed by atoms with Crippen LogP contribution in [0, 0.1) is 0 Å². The molecule has 0 aliphatic carbocycles. The smallest absolute Gasteiger partial charge is 0.410 e. The molecule has 0 saturated carbocycles. The van der Waals surface area contributed by atoms with Gasteiger partial charge < -0.3 is 9.64 Å². The molecule has 0 bridgehead atoms. The average Bonchev–Trinajstić information content (AvgIpc) is 2.04. The Morgan fingerprint density at radius 3 is 2.22 bits per heavy atom. The number of carbonyl (C=O) groups is 1. The first-order valence-electron chi connectivity index (χ1n) is 7.45. The summed E-state index contributed by atoms with van der Waals surface area (Å²) >= 11 is 0. The van der Waals surface area contributed by atoms with E-state index in [0.717, 1.165) is 6.26 Å². The minimum atomic E-state index is -3.86. The van der Waals surface area contributed by atoms with Crippen molar-refractivity contribution in [2.24, 2.45) is 0 Å². The van der Waals surface area contributed by atoms with Gasteiger partial charge in [0.1, 0.15) is 5.60 Å². The molecule has 1 amide bonds. The topological polar surface area (TPSA) is 72.9 Å². The highest BCUT2D eigenvalue weighted by Gasteiger charge is 2.28. The molecule has 1 aliphatic heterocycles. The van der Waals surface area contributed by atoms with Crippen LogP contribution in [0.2, 0.25) is 0 Å². The molecule has 1 aliphatic rings. The molecule has 0 N–H and O–H groups in total. The van der Waals surface area contributed by atoms with Crippen LogP contribution in [-0.4, -0.2) is 50.4 Å². The van der Waals surface area contributed by atoms with Crippen LogP contribution < -0.4 is 0 Å². The van der Waals surface area contributed by atoms with E-state index in [2.05, 4.69) is 0 Å². The molecular formula is C11H21NO5S. The predicted molar refractivity (Wildman–Crippen MR) is 66.8 cm³/mol. The molecule has 7 heteroatoms. The van der Waals surface area contributed by atoms with E-state index in [1.807, 2.05) is 0 Å². The Hall–Kier alpha value is -0.820. The summed E-state index contributed by atoms with van der Waals surface area (Å²) < 4.78 is 63.6. The molecule has 106 valence electrons. The number of ether oxygens (including phenoxy) is 1. The van der Waals surface area contributed by atoms with Gasteiger partial charge in [-0.05, 0) is 33.6 Å². The van der Waals surface area contributed by atoms with Gasteiger partial charge in [-0.1, -0.05) is 0 Å². The van der Waals surface area contributed by atoms with Gasteiger partial charge in [0, 0.05) is 18.5 Å². The molecule has 0 atom stereocenters. The number of piperidine rings is 1. The zero-order chi connectivity index (χ0) is 17.6. The van der Waals surface area contributed by atoms with Gasteiger partial charge in [-0.25, -0.2) is 4.79 Å². The standard InChI is InChI=1S/C11H21NO5S/c1-11(2,3)16-10(13)12-7-5-9(6-8-12)17-18(4,14)15/h9H,5-8H2,1-4H3/i7D2,8D2. The lowest BCUT2D eigenvalue weighted by molar-refractivity contribution is 0.0134. The highest BCUT2D eigenvalue weighted by atomic mass is 32.2. The van der Waals surface area contributed by atoms with Crippen molar-refractivity contribution in [1.29, 1.82) is 0 Å². The Balaban J connectivity index is 3.04. The van der Waals surface area contributed by atoms with Crippen LogP contribution in [0.15, 0.2) is 0 Å². The van der Waals surface area contributed by atoms with E-state index in [1.54, 1.807) is 20.8 Å². The number of hydrogen-bond acceptors (Lipinski definition) is 5. The van der Waals surface area contributed by atoms with Crippen LogP contribution in [0.4, 0.5) is 4.79 Å². The lowest BCUT2D eigenvalue weighted by atomic mass is 10.1. The maximum absolute atomic E-state index is 12.1. The Bertz CT molecular complexity index is 525. The molecule has 1 heterocycles. The maximum atomic E-state index is 12.1. The van der Waals surface area contributed by atoms with Crippen LogP contribution in [0.1, 0.15) is 39.1 Å². The van der Waals surface area contributed by atoms with Crippen molar-refractivity contribution in [1.82, 2.24) is 4.90 Å². The molecule has 18 heavy (non-hydrogen) atoms. The number of likely N-dealkylation sites (tertiary alicyclic amines) is 1. The molecule has 0 radical (unpaired) electrons. The second-order valence-corrected chi connectivity index (χ2v) is 6.56. The van der Waals surface area contributed by atoms with Crippen molar-refractivity contribution < 1.29 is 27.6 Å². The maximum Gasteiger partial charge on any atom is 0.410 e. The third kappa shape index (κ3) is 5.68. The number of nitrogens with zero attached hydrogens (tertiary/aromatic N) is 1. The summed E-state index contributed by atoms with van der Waals surface area (Å²) in [5.74, 6) is 0. The number of amides is 1. The van der Waals surface area contributed by atoms with E-state index >= 15 is 0 Å². The van der Waals surface area contributed by atoms with Crippen LogP contribution in [0.25, 0.3) is 0 Å². The van der Waals surface area contributed by atoms with Gasteiger partial charge in [0.15, 0.2) is 0 Å². The fourth-order valence-electron chi connectivity index (χ4n) is 1.27. The van der Waals surface area contributed by atoms with Crippen LogP contribution in [0.5, 0.6) is 0 Å². The minimum Gasteiger partial charge on any atom is -0.444 e. The summed E-state index contributed by atoms with van der Waals surface area (Å²) in [5, 5.41) is 0. The second kappa shape index (κ2) is 5.44. The Morgan fingerprint density at radius 1 is 1.33 bits per heavy atom. The Kier molecular flexibility index (Phi) is 3.03. The van der Waals surface area contributed by atoms with Crippen molar-refractivity contribution in [2.75, 3.05) is 19.2 Å². The van der Waals surface area contributed by atoms with Crippen molar-refractivity contribution >= 4 is 16.2 Å². The molecule has 0 spiro atoms. The second-order valence-electron chi connectivity index (χ2n) is 4.96. The molecule has 0 unspecified atom stereocenters. The fraction of sp³-hybridized carbons (Fsp3) is 0.909. The molecule has 1 fully saturated rings. The first kappa shape index (κ1) is 10.0. The quantitative estimate of drug-likeness (QED) is 0.715. The first-order chi connectivity index (χ1) is 9.54. The lowest BCUT2D eigenvalue weighted by Crippen LogP contribution is -2.43. The van der Waals surface area contributed by atoms with E-state index in [1.165, 1.54) is 0 Å². The number of carbonyl (C=O) groups excluding carboxylic acids is 1. The van der Waals surface area contributed by atoms with E-state index in [0.29, 0.717) is 4.90 Å². The molecule has 1 saturated heterocycles. The molecule has 1 rings (SSSR count). The monoisotopic (exact) mass is 283 g/mol. The minimum absolute atomic E-state index is 0.368. The van der Waals surface area contributed by atoms with Gasteiger partial charge in [0.2, 0.25) is 0 Å². The first-order valence-corrected chi connectivity index (χ1v) is 7.27. The van der Waals surface area contributed by atoms with Crippen LogP contribution in [-0.2, 0) is 19.0 Å². The molecule has 6 nitrogen and oxygen atoms in total. The number of hydrogen-bond donors (Lipinski definition) is 0. The lowest BCUT2D eigenvalue weighted by Gasteiger charge is -2.32.